The number of carbonyl (C=O) groups is 1. The van der Waals surface area contributed by atoms with Gasteiger partial charge < -0.3 is 15.9 Å². The molecule has 0 saturated heterocycles. The van der Waals surface area contributed by atoms with E-state index in [0.29, 0.717) is 5.56 Å². The minimum absolute atomic E-state index is 0.0271. The Labute approximate surface area is 82.0 Å². The molecule has 2 atom stereocenters. The lowest BCUT2D eigenvalue weighted by Crippen LogP contribution is -2.31. The molecule has 0 fully saturated rings. The molecule has 0 radical (unpaired) electrons. The highest BCUT2D eigenvalue weighted by atomic mass is 16.4. The normalized spacial score (nSPS) is 14.7. The van der Waals surface area contributed by atoms with Crippen LogP contribution in [0.15, 0.2) is 30.3 Å². The summed E-state index contributed by atoms with van der Waals surface area (Å²) in [4.78, 5) is 10.4. The number of carboxylic acid groups (broad SMARTS) is 1. The maximum absolute atomic E-state index is 10.4. The summed E-state index contributed by atoms with van der Waals surface area (Å²) in [5, 5.41) is 18.1. The smallest absolute Gasteiger partial charge is 0.320 e. The van der Waals surface area contributed by atoms with Crippen LogP contribution in [0.3, 0.4) is 0 Å². The molecular weight excluding hydrogens is 182 g/mol. The zero-order chi connectivity index (χ0) is 10.6. The molecule has 0 aliphatic rings. The second-order valence-electron chi connectivity index (χ2n) is 3.11. The topological polar surface area (TPSA) is 83.5 Å². The molecule has 1 aromatic carbocycles. The Kier molecular flexibility index (Phi) is 3.62. The van der Waals surface area contributed by atoms with E-state index in [4.69, 9.17) is 10.8 Å². The summed E-state index contributed by atoms with van der Waals surface area (Å²) in [7, 11) is 0. The van der Waals surface area contributed by atoms with Gasteiger partial charge in [-0.2, -0.15) is 0 Å². The fourth-order valence-electron chi connectivity index (χ4n) is 1.15. The summed E-state index contributed by atoms with van der Waals surface area (Å²) in [5.41, 5.74) is 5.98. The zero-order valence-electron chi connectivity index (χ0n) is 7.63. The number of aliphatic hydroxyl groups excluding tert-OH is 1. The van der Waals surface area contributed by atoms with Crippen molar-refractivity contribution in [3.05, 3.63) is 35.9 Å². The van der Waals surface area contributed by atoms with Gasteiger partial charge >= 0.3 is 5.97 Å². The average molecular weight is 195 g/mol. The number of aliphatic hydroxyl groups is 1. The summed E-state index contributed by atoms with van der Waals surface area (Å²) in [5.74, 6) is -1.10. The Morgan fingerprint density at radius 2 is 1.93 bits per heavy atom. The Bertz CT molecular complexity index is 299. The average Bonchev–Trinajstić information content (AvgIpc) is 2.19. The predicted octanol–water partition coefficient (Wildman–Crippen LogP) is 0.522. The van der Waals surface area contributed by atoms with Crippen molar-refractivity contribution in [3.8, 4) is 0 Å². The Morgan fingerprint density at radius 3 is 2.43 bits per heavy atom. The quantitative estimate of drug-likeness (QED) is 0.654. The highest BCUT2D eigenvalue weighted by Gasteiger charge is 2.17. The second kappa shape index (κ2) is 4.74. The van der Waals surface area contributed by atoms with Crippen molar-refractivity contribution < 1.29 is 15.0 Å². The third-order valence-corrected chi connectivity index (χ3v) is 1.98. The van der Waals surface area contributed by atoms with E-state index >= 15 is 0 Å². The van der Waals surface area contributed by atoms with E-state index in [-0.39, 0.29) is 6.42 Å². The van der Waals surface area contributed by atoms with Gasteiger partial charge in [0.1, 0.15) is 6.04 Å². The lowest BCUT2D eigenvalue weighted by atomic mass is 10.0. The van der Waals surface area contributed by atoms with Crippen molar-refractivity contribution in [2.45, 2.75) is 18.6 Å². The molecule has 0 spiro atoms. The highest BCUT2D eigenvalue weighted by molar-refractivity contribution is 5.73. The number of rotatable bonds is 4. The van der Waals surface area contributed by atoms with Gasteiger partial charge in [-0.3, -0.25) is 4.79 Å². The molecule has 4 nitrogen and oxygen atoms in total. The van der Waals surface area contributed by atoms with Gasteiger partial charge in [-0.05, 0) is 5.56 Å². The summed E-state index contributed by atoms with van der Waals surface area (Å²) < 4.78 is 0. The number of hydrogen-bond donors (Lipinski definition) is 3. The van der Waals surface area contributed by atoms with Crippen molar-refractivity contribution in [3.63, 3.8) is 0 Å². The number of aliphatic carboxylic acids is 1. The largest absolute Gasteiger partial charge is 0.480 e. The van der Waals surface area contributed by atoms with Crippen LogP contribution in [-0.4, -0.2) is 22.2 Å². The van der Waals surface area contributed by atoms with E-state index in [1.165, 1.54) is 0 Å². The lowest BCUT2D eigenvalue weighted by molar-refractivity contribution is -0.139. The Hall–Kier alpha value is -1.39. The molecule has 4 heteroatoms. The first kappa shape index (κ1) is 10.7. The molecule has 14 heavy (non-hydrogen) atoms. The summed E-state index contributed by atoms with van der Waals surface area (Å²) in [6.45, 7) is 0. The van der Waals surface area contributed by atoms with E-state index in [2.05, 4.69) is 0 Å². The van der Waals surface area contributed by atoms with Crippen molar-refractivity contribution >= 4 is 5.97 Å². The van der Waals surface area contributed by atoms with Gasteiger partial charge in [0.2, 0.25) is 0 Å². The van der Waals surface area contributed by atoms with Crippen LogP contribution in [0.2, 0.25) is 0 Å². The van der Waals surface area contributed by atoms with E-state index in [9.17, 15) is 9.90 Å². The molecule has 0 aromatic heterocycles. The van der Waals surface area contributed by atoms with Crippen LogP contribution in [0.1, 0.15) is 18.1 Å². The molecule has 0 aliphatic carbocycles. The standard InChI is InChI=1S/C10H13NO3/c11-8(10(13)14)6-9(12)7-4-2-1-3-5-7/h1-5,8-9,12H,6,11H2,(H,13,14)/t8?,9-/m1/s1. The van der Waals surface area contributed by atoms with Crippen molar-refractivity contribution in [1.82, 2.24) is 0 Å². The molecule has 1 aromatic rings. The second-order valence-corrected chi connectivity index (χ2v) is 3.11. The predicted molar refractivity (Wildman–Crippen MR) is 51.6 cm³/mol. The maximum atomic E-state index is 10.4. The van der Waals surface area contributed by atoms with Crippen LogP contribution in [0.25, 0.3) is 0 Å². The summed E-state index contributed by atoms with van der Waals surface area (Å²) in [6, 6.07) is 7.84. The van der Waals surface area contributed by atoms with Crippen LogP contribution in [0.4, 0.5) is 0 Å². The summed E-state index contributed by atoms with van der Waals surface area (Å²) >= 11 is 0. The van der Waals surface area contributed by atoms with E-state index in [1.54, 1.807) is 24.3 Å². The van der Waals surface area contributed by atoms with Crippen LogP contribution >= 0.6 is 0 Å². The third kappa shape index (κ3) is 2.83. The molecular formula is C10H13NO3. The van der Waals surface area contributed by atoms with Gasteiger partial charge in [0.15, 0.2) is 0 Å². The molecule has 4 N–H and O–H groups in total. The van der Waals surface area contributed by atoms with Crippen LogP contribution < -0.4 is 5.73 Å². The van der Waals surface area contributed by atoms with Crippen LogP contribution in [-0.2, 0) is 4.79 Å². The minimum atomic E-state index is -1.10. The van der Waals surface area contributed by atoms with Crippen molar-refractivity contribution in [2.75, 3.05) is 0 Å². The fourth-order valence-corrected chi connectivity index (χ4v) is 1.15. The molecule has 76 valence electrons. The van der Waals surface area contributed by atoms with Gasteiger partial charge in [0.25, 0.3) is 0 Å². The molecule has 0 bridgehead atoms. The number of nitrogens with two attached hydrogens (primary N) is 1. The van der Waals surface area contributed by atoms with Gasteiger partial charge in [-0.25, -0.2) is 0 Å². The molecule has 1 unspecified atom stereocenters. The van der Waals surface area contributed by atoms with Crippen LogP contribution in [0, 0.1) is 0 Å². The van der Waals surface area contributed by atoms with Crippen LogP contribution in [0.5, 0.6) is 0 Å². The van der Waals surface area contributed by atoms with E-state index < -0.39 is 18.1 Å². The first-order chi connectivity index (χ1) is 6.61. The molecule has 0 saturated carbocycles. The number of hydrogen-bond acceptors (Lipinski definition) is 3. The number of benzene rings is 1. The van der Waals surface area contributed by atoms with Crippen molar-refractivity contribution in [2.24, 2.45) is 5.73 Å². The maximum Gasteiger partial charge on any atom is 0.320 e. The van der Waals surface area contributed by atoms with Gasteiger partial charge in [0.05, 0.1) is 6.10 Å². The zero-order valence-corrected chi connectivity index (χ0v) is 7.63. The first-order valence-corrected chi connectivity index (χ1v) is 4.32. The van der Waals surface area contributed by atoms with Gasteiger partial charge in [-0.15, -0.1) is 0 Å². The van der Waals surface area contributed by atoms with E-state index in [1.807, 2.05) is 6.07 Å². The fraction of sp³-hybridized carbons (Fsp3) is 0.300. The number of carboxylic acids is 1. The molecule has 1 rings (SSSR count). The monoisotopic (exact) mass is 195 g/mol. The third-order valence-electron chi connectivity index (χ3n) is 1.98. The Balaban J connectivity index is 2.59. The summed E-state index contributed by atoms with van der Waals surface area (Å²) in [6.07, 6.45) is -0.790. The SMILES string of the molecule is NC(C[C@@H](O)c1ccccc1)C(=O)O. The molecule has 0 amide bonds. The highest BCUT2D eigenvalue weighted by Crippen LogP contribution is 2.16. The van der Waals surface area contributed by atoms with Gasteiger partial charge in [-0.1, -0.05) is 30.3 Å². The first-order valence-electron chi connectivity index (χ1n) is 4.32. The molecule has 0 heterocycles. The lowest BCUT2D eigenvalue weighted by Gasteiger charge is -2.13. The van der Waals surface area contributed by atoms with Crippen molar-refractivity contribution in [1.29, 1.82) is 0 Å². The minimum Gasteiger partial charge on any atom is -0.480 e. The van der Waals surface area contributed by atoms with Gasteiger partial charge in [0, 0.05) is 6.42 Å². The Morgan fingerprint density at radius 1 is 1.36 bits per heavy atom. The van der Waals surface area contributed by atoms with E-state index in [0.717, 1.165) is 0 Å². The molecule has 0 aliphatic heterocycles.